The van der Waals surface area contributed by atoms with Crippen molar-refractivity contribution >= 4 is 19.8 Å². The van der Waals surface area contributed by atoms with Crippen LogP contribution in [0.15, 0.2) is 207 Å². The number of allylic oxidation sites excluding steroid dienone is 34. The summed E-state index contributed by atoms with van der Waals surface area (Å²) >= 11 is 0. The fourth-order valence-corrected chi connectivity index (χ4v) is 11.2. The summed E-state index contributed by atoms with van der Waals surface area (Å²) in [6.45, 7) is 3.51. The van der Waals surface area contributed by atoms with E-state index in [1.54, 1.807) is 0 Å². The summed E-state index contributed by atoms with van der Waals surface area (Å²) in [4.78, 5) is 35.5. The van der Waals surface area contributed by atoms with Gasteiger partial charge in [-0.2, -0.15) is 0 Å². The van der Waals surface area contributed by atoms with Crippen LogP contribution >= 0.6 is 7.82 Å². The predicted octanol–water partition coefficient (Wildman–Crippen LogP) is 27.0. The van der Waals surface area contributed by atoms with E-state index in [1.165, 1.54) is 122 Å². The fourth-order valence-electron chi connectivity index (χ4n) is 10.4. The van der Waals surface area contributed by atoms with Gasteiger partial charge in [-0.3, -0.25) is 18.6 Å². The molecule has 0 fully saturated rings. The molecule has 0 spiro atoms. The van der Waals surface area contributed by atoms with E-state index in [0.29, 0.717) is 6.42 Å². The van der Waals surface area contributed by atoms with Crippen molar-refractivity contribution in [2.75, 3.05) is 26.4 Å². The minimum Gasteiger partial charge on any atom is -0.462 e. The third kappa shape index (κ3) is 81.4. The van der Waals surface area contributed by atoms with E-state index < -0.39 is 26.5 Å². The Balaban J connectivity index is 3.91. The van der Waals surface area contributed by atoms with Gasteiger partial charge in [0.15, 0.2) is 6.10 Å². The van der Waals surface area contributed by atoms with Crippen LogP contribution in [0.4, 0.5) is 0 Å². The zero-order valence-electron chi connectivity index (χ0n) is 62.9. The van der Waals surface area contributed by atoms with E-state index >= 15 is 0 Å². The maximum absolute atomic E-state index is 12.8. The minimum atomic E-state index is -4.41. The van der Waals surface area contributed by atoms with Crippen molar-refractivity contribution in [1.29, 1.82) is 0 Å². The van der Waals surface area contributed by atoms with Crippen molar-refractivity contribution < 1.29 is 37.6 Å². The number of carbonyl (C=O) groups excluding carboxylic acids is 2. The number of hydrogen-bond donors (Lipinski definition) is 2. The molecule has 0 rings (SSSR count). The van der Waals surface area contributed by atoms with Gasteiger partial charge in [-0.25, -0.2) is 4.57 Å². The molecule has 0 saturated heterocycles. The molecule has 0 radical (unpaired) electrons. The van der Waals surface area contributed by atoms with Crippen LogP contribution in [0.5, 0.6) is 0 Å². The molecular formula is C89H144NO8P. The van der Waals surface area contributed by atoms with Crippen molar-refractivity contribution in [3.8, 4) is 0 Å². The summed E-state index contributed by atoms with van der Waals surface area (Å²) in [6.07, 6.45) is 125. The molecule has 558 valence electrons. The number of nitrogens with two attached hydrogens (primary N) is 1. The molecule has 0 saturated carbocycles. The first-order valence-corrected chi connectivity index (χ1v) is 41.1. The van der Waals surface area contributed by atoms with Gasteiger partial charge >= 0.3 is 19.8 Å². The normalized spacial score (nSPS) is 14.0. The zero-order chi connectivity index (χ0) is 71.5. The van der Waals surface area contributed by atoms with Gasteiger partial charge in [0.1, 0.15) is 6.61 Å². The van der Waals surface area contributed by atoms with Gasteiger partial charge < -0.3 is 20.1 Å². The van der Waals surface area contributed by atoms with Crippen molar-refractivity contribution in [2.24, 2.45) is 5.73 Å². The smallest absolute Gasteiger partial charge is 0.462 e. The van der Waals surface area contributed by atoms with Gasteiger partial charge in [-0.05, 0) is 148 Å². The van der Waals surface area contributed by atoms with Crippen LogP contribution in [0, 0.1) is 0 Å². The van der Waals surface area contributed by atoms with Gasteiger partial charge in [0.05, 0.1) is 13.2 Å². The molecule has 0 aliphatic heterocycles. The lowest BCUT2D eigenvalue weighted by molar-refractivity contribution is -0.161. The van der Waals surface area contributed by atoms with Crippen molar-refractivity contribution in [1.82, 2.24) is 0 Å². The lowest BCUT2D eigenvalue weighted by Gasteiger charge is -2.19. The molecule has 99 heavy (non-hydrogen) atoms. The third-order valence-electron chi connectivity index (χ3n) is 16.2. The average Bonchev–Trinajstić information content (AvgIpc) is 1.35. The Hall–Kier alpha value is -5.41. The Bertz CT molecular complexity index is 2390. The second-order valence-electron chi connectivity index (χ2n) is 25.5. The lowest BCUT2D eigenvalue weighted by Crippen LogP contribution is -2.29. The monoisotopic (exact) mass is 1390 g/mol. The number of hydrogen-bond acceptors (Lipinski definition) is 8. The molecule has 0 amide bonds. The Morgan fingerprint density at radius 3 is 0.778 bits per heavy atom. The van der Waals surface area contributed by atoms with Gasteiger partial charge in [-0.15, -0.1) is 0 Å². The molecule has 0 aromatic rings. The maximum Gasteiger partial charge on any atom is 0.472 e. The Kier molecular flexibility index (Phi) is 77.1. The van der Waals surface area contributed by atoms with E-state index in [4.69, 9.17) is 24.3 Å². The molecule has 3 N–H and O–H groups in total. The van der Waals surface area contributed by atoms with Gasteiger partial charge in [0.2, 0.25) is 0 Å². The van der Waals surface area contributed by atoms with Crippen LogP contribution in [0.3, 0.4) is 0 Å². The van der Waals surface area contributed by atoms with Crippen molar-refractivity contribution in [2.45, 2.75) is 315 Å². The molecule has 2 unspecified atom stereocenters. The number of unbranched alkanes of at least 4 members (excludes halogenated alkanes) is 25. The number of carbonyl (C=O) groups is 2. The molecule has 0 bridgehead atoms. The summed E-state index contributed by atoms with van der Waals surface area (Å²) in [5.41, 5.74) is 5.41. The van der Waals surface area contributed by atoms with Crippen LogP contribution in [-0.2, 0) is 32.7 Å². The molecule has 0 heterocycles. The molecule has 0 aliphatic carbocycles. The molecule has 2 atom stereocenters. The summed E-state index contributed by atoms with van der Waals surface area (Å²) < 4.78 is 33.3. The fraction of sp³-hybridized carbons (Fsp3) is 0.596. The molecule has 0 aromatic heterocycles. The molecular weight excluding hydrogens is 1240 g/mol. The Labute approximate surface area is 608 Å². The van der Waals surface area contributed by atoms with Crippen LogP contribution in [0.25, 0.3) is 0 Å². The second-order valence-corrected chi connectivity index (χ2v) is 26.9. The number of esters is 2. The molecule has 10 heteroatoms. The average molecular weight is 1390 g/mol. The molecule has 9 nitrogen and oxygen atoms in total. The number of ether oxygens (including phenoxy) is 2. The summed E-state index contributed by atoms with van der Waals surface area (Å²) in [5, 5.41) is 0. The number of rotatable bonds is 72. The van der Waals surface area contributed by atoms with E-state index in [2.05, 4.69) is 220 Å². The second kappa shape index (κ2) is 81.6. The quantitative estimate of drug-likeness (QED) is 0.0264. The number of phosphoric acid groups is 1. The summed E-state index contributed by atoms with van der Waals surface area (Å²) in [5.74, 6) is -0.837. The van der Waals surface area contributed by atoms with E-state index in [0.717, 1.165) is 154 Å². The Morgan fingerprint density at radius 2 is 0.525 bits per heavy atom. The van der Waals surface area contributed by atoms with Crippen LogP contribution in [0.1, 0.15) is 309 Å². The highest BCUT2D eigenvalue weighted by Crippen LogP contribution is 2.43. The highest BCUT2D eigenvalue weighted by atomic mass is 31.2. The van der Waals surface area contributed by atoms with E-state index in [-0.39, 0.29) is 38.6 Å². The maximum atomic E-state index is 12.8. The Morgan fingerprint density at radius 1 is 0.303 bits per heavy atom. The zero-order valence-corrected chi connectivity index (χ0v) is 63.8. The van der Waals surface area contributed by atoms with Crippen molar-refractivity contribution in [3.63, 3.8) is 0 Å². The number of phosphoric ester groups is 1. The van der Waals surface area contributed by atoms with Gasteiger partial charge in [0.25, 0.3) is 0 Å². The van der Waals surface area contributed by atoms with E-state index in [1.807, 2.05) is 0 Å². The molecule has 0 aliphatic rings. The first-order valence-electron chi connectivity index (χ1n) is 39.6. The van der Waals surface area contributed by atoms with Crippen molar-refractivity contribution in [3.05, 3.63) is 207 Å². The summed E-state index contributed by atoms with van der Waals surface area (Å²) in [7, 11) is -4.41. The standard InChI is InChI=1S/C89H144NO8P/c1-3-5-7-9-11-13-15-17-19-21-23-25-27-29-31-33-35-37-39-41-43-45-47-49-51-53-55-57-59-61-63-65-67-69-71-73-75-77-79-81-88(91)95-85-87(86-97-99(93,94)96-84-83-90)98-89(92)82-80-78-76-74-72-70-68-66-64-62-60-58-56-54-52-50-48-46-44-42-40-38-36-34-32-30-28-26-24-22-20-18-16-14-12-10-8-6-4-2/h5-8,11-14,17-20,23-26,29-32,35-38,41-44,47-50,54,56,87H,3-4,9-10,15-16,21-22,27-28,33-34,39-40,45-46,51-53,55,57-86,90H2,1-2H3,(H,93,94)/b7-5-,8-6-,13-11-,14-12-,19-17-,20-18-,25-23-,26-24-,31-29-,32-30-,37-35-,38-36-,43-41-,44-42-,49-47-,50-48-,56-54-. The first-order chi connectivity index (χ1) is 48.8. The molecule has 0 aromatic carbocycles. The van der Waals surface area contributed by atoms with Gasteiger partial charge in [0, 0.05) is 19.4 Å². The highest BCUT2D eigenvalue weighted by Gasteiger charge is 2.26. The largest absolute Gasteiger partial charge is 0.472 e. The van der Waals surface area contributed by atoms with Crippen LogP contribution in [0.2, 0.25) is 0 Å². The topological polar surface area (TPSA) is 134 Å². The van der Waals surface area contributed by atoms with Crippen LogP contribution < -0.4 is 5.73 Å². The minimum absolute atomic E-state index is 0.0446. The SMILES string of the molecule is CC/C=C\C/C=C\C/C=C\C/C=C\C/C=C\C/C=C\C/C=C\C/C=C\C/C=C\CCCCCCCCCCCCCC(=O)OC(COC(=O)CCCCCCCCCCCCCCCC/C=C\C/C=C\C/C=C\C/C=C\C/C=C\C/C=C\C/C=C\C/C=C\CC)COP(=O)(O)OCCN. The van der Waals surface area contributed by atoms with E-state index in [9.17, 15) is 19.0 Å². The van der Waals surface area contributed by atoms with Gasteiger partial charge in [-0.1, -0.05) is 355 Å². The predicted molar refractivity (Wildman–Crippen MR) is 431 cm³/mol. The highest BCUT2D eigenvalue weighted by molar-refractivity contribution is 7.47. The summed E-state index contributed by atoms with van der Waals surface area (Å²) in [6, 6.07) is 0. The lowest BCUT2D eigenvalue weighted by atomic mass is 10.0. The third-order valence-corrected chi connectivity index (χ3v) is 17.1. The van der Waals surface area contributed by atoms with Crippen LogP contribution in [-0.4, -0.2) is 49.3 Å². The first kappa shape index (κ1) is 93.6.